The minimum absolute atomic E-state index is 0.0653. The van der Waals surface area contributed by atoms with E-state index in [1.165, 1.54) is 47.3 Å². The zero-order valence-electron chi connectivity index (χ0n) is 22.2. The number of anilines is 3. The van der Waals surface area contributed by atoms with Crippen LogP contribution in [0.1, 0.15) is 41.5 Å². The molecule has 0 radical (unpaired) electrons. The minimum Gasteiger partial charge on any atom is -0.476 e. The second-order valence-electron chi connectivity index (χ2n) is 10.6. The third kappa shape index (κ3) is 4.46. The number of aliphatic carboxylic acids is 1. The van der Waals surface area contributed by atoms with Gasteiger partial charge in [-0.25, -0.2) is 4.79 Å². The summed E-state index contributed by atoms with van der Waals surface area (Å²) in [7, 11) is 0. The SMILES string of the molecule is Cc1cccc(C)c1N1c2ccc(/C=C/C=C3\C(=O)N(c4ccccc4)N=C3C(=O)O)cc2CC2CCCC21. The van der Waals surface area contributed by atoms with Crippen molar-refractivity contribution < 1.29 is 14.7 Å². The lowest BCUT2D eigenvalue weighted by atomic mass is 9.85. The van der Waals surface area contributed by atoms with E-state index >= 15 is 0 Å². The van der Waals surface area contributed by atoms with Crippen molar-refractivity contribution >= 4 is 40.7 Å². The number of allylic oxidation sites excluding steroid dienone is 2. The van der Waals surface area contributed by atoms with Gasteiger partial charge in [-0.05, 0) is 91.6 Å². The van der Waals surface area contributed by atoms with E-state index in [1.807, 2.05) is 12.1 Å². The maximum atomic E-state index is 13.0. The maximum absolute atomic E-state index is 13.0. The predicted octanol–water partition coefficient (Wildman–Crippen LogP) is 6.59. The first kappa shape index (κ1) is 24.9. The number of amides is 1. The molecular weight excluding hydrogens is 486 g/mol. The first-order valence-electron chi connectivity index (χ1n) is 13.5. The van der Waals surface area contributed by atoms with Crippen LogP contribution in [0.5, 0.6) is 0 Å². The van der Waals surface area contributed by atoms with Gasteiger partial charge < -0.3 is 10.0 Å². The number of hydrogen-bond donors (Lipinski definition) is 1. The molecule has 3 aliphatic rings. The molecule has 1 fully saturated rings. The van der Waals surface area contributed by atoms with Gasteiger partial charge in [0.1, 0.15) is 0 Å². The van der Waals surface area contributed by atoms with Gasteiger partial charge in [-0.1, -0.05) is 61.0 Å². The average Bonchev–Trinajstić information content (AvgIpc) is 3.53. The van der Waals surface area contributed by atoms with Gasteiger partial charge in [0, 0.05) is 17.4 Å². The molecule has 2 aliphatic heterocycles. The Morgan fingerprint density at radius 2 is 1.77 bits per heavy atom. The smallest absolute Gasteiger partial charge is 0.357 e. The number of rotatable bonds is 5. The fraction of sp³-hybridized carbons (Fsp3) is 0.242. The highest BCUT2D eigenvalue weighted by Gasteiger charge is 2.39. The van der Waals surface area contributed by atoms with Crippen LogP contribution in [0.3, 0.4) is 0 Å². The van der Waals surface area contributed by atoms with Gasteiger partial charge in [-0.3, -0.25) is 4.79 Å². The number of hydrogen-bond acceptors (Lipinski definition) is 4. The summed E-state index contributed by atoms with van der Waals surface area (Å²) in [5.74, 6) is -1.05. The van der Waals surface area contributed by atoms with Crippen molar-refractivity contribution in [2.45, 2.75) is 45.6 Å². The number of hydrazone groups is 1. The van der Waals surface area contributed by atoms with Gasteiger partial charge in [0.25, 0.3) is 5.91 Å². The molecule has 6 heteroatoms. The predicted molar refractivity (Wildman–Crippen MR) is 155 cm³/mol. The van der Waals surface area contributed by atoms with Crippen LogP contribution in [0, 0.1) is 19.8 Å². The van der Waals surface area contributed by atoms with E-state index in [-0.39, 0.29) is 11.3 Å². The van der Waals surface area contributed by atoms with E-state index in [0.29, 0.717) is 17.6 Å². The van der Waals surface area contributed by atoms with Crippen LogP contribution in [0.2, 0.25) is 0 Å². The Morgan fingerprint density at radius 1 is 1.00 bits per heavy atom. The number of fused-ring (bicyclic) bond motifs is 2. The minimum atomic E-state index is -1.23. The molecule has 0 saturated heterocycles. The third-order valence-corrected chi connectivity index (χ3v) is 8.11. The summed E-state index contributed by atoms with van der Waals surface area (Å²) in [4.78, 5) is 27.4. The molecule has 0 aromatic heterocycles. The Labute approximate surface area is 228 Å². The molecule has 3 aromatic carbocycles. The largest absolute Gasteiger partial charge is 0.476 e. The number of para-hydroxylation sites is 2. The van der Waals surface area contributed by atoms with Crippen LogP contribution in [0.4, 0.5) is 17.1 Å². The number of carbonyl (C=O) groups excluding carboxylic acids is 1. The van der Waals surface area contributed by atoms with Crippen LogP contribution >= 0.6 is 0 Å². The van der Waals surface area contributed by atoms with Crippen molar-refractivity contribution in [1.29, 1.82) is 0 Å². The van der Waals surface area contributed by atoms with Crippen LogP contribution in [0.25, 0.3) is 6.08 Å². The van der Waals surface area contributed by atoms with E-state index in [9.17, 15) is 14.7 Å². The lowest BCUT2D eigenvalue weighted by Crippen LogP contribution is -2.40. The van der Waals surface area contributed by atoms with Crippen molar-refractivity contribution in [3.05, 3.63) is 107 Å². The summed E-state index contributed by atoms with van der Waals surface area (Å²) in [5, 5.41) is 14.9. The lowest BCUT2D eigenvalue weighted by Gasteiger charge is -2.42. The molecule has 1 N–H and O–H groups in total. The normalized spacial score (nSPS) is 21.4. The van der Waals surface area contributed by atoms with Crippen molar-refractivity contribution in [2.75, 3.05) is 9.91 Å². The standard InChI is InChI=1S/C33H31N3O3/c1-21-9-6-10-22(2)31(21)35-28-16-8-12-24(28)20-25-19-23(17-18-29(25)35)11-7-15-27-30(33(38)39)34-36(32(27)37)26-13-4-3-5-14-26/h3-7,9-11,13-15,17-19,24,28H,8,12,16,20H2,1-2H3,(H,38,39)/b11-7+,27-15-. The number of carboxylic acids is 1. The molecule has 2 unspecified atom stereocenters. The maximum Gasteiger partial charge on any atom is 0.357 e. The fourth-order valence-electron chi connectivity index (χ4n) is 6.36. The van der Waals surface area contributed by atoms with Gasteiger partial charge in [0.15, 0.2) is 5.71 Å². The second-order valence-corrected chi connectivity index (χ2v) is 10.6. The molecule has 1 amide bonds. The Hall–Kier alpha value is -4.45. The highest BCUT2D eigenvalue weighted by molar-refractivity contribution is 6.52. The molecule has 2 heterocycles. The molecule has 196 valence electrons. The molecule has 2 atom stereocenters. The number of nitrogens with zero attached hydrogens (tertiary/aromatic N) is 3. The molecule has 0 bridgehead atoms. The number of aryl methyl sites for hydroxylation is 2. The summed E-state index contributed by atoms with van der Waals surface area (Å²) < 4.78 is 0. The van der Waals surface area contributed by atoms with Crippen molar-refractivity contribution in [2.24, 2.45) is 11.0 Å². The van der Waals surface area contributed by atoms with Gasteiger partial charge in [-0.15, -0.1) is 0 Å². The fourth-order valence-corrected chi connectivity index (χ4v) is 6.36. The molecule has 6 nitrogen and oxygen atoms in total. The van der Waals surface area contributed by atoms with Gasteiger partial charge in [-0.2, -0.15) is 10.1 Å². The lowest BCUT2D eigenvalue weighted by molar-refractivity contribution is -0.129. The Bertz CT molecular complexity index is 1530. The highest BCUT2D eigenvalue weighted by Crippen LogP contribution is 2.47. The zero-order chi connectivity index (χ0) is 27.1. The molecule has 1 aliphatic carbocycles. The zero-order valence-corrected chi connectivity index (χ0v) is 22.2. The van der Waals surface area contributed by atoms with Crippen LogP contribution in [0.15, 0.2) is 89.6 Å². The van der Waals surface area contributed by atoms with Gasteiger partial charge >= 0.3 is 5.97 Å². The second kappa shape index (κ2) is 10.0. The highest BCUT2D eigenvalue weighted by atomic mass is 16.4. The monoisotopic (exact) mass is 517 g/mol. The van der Waals surface area contributed by atoms with Gasteiger partial charge in [0.2, 0.25) is 0 Å². The Balaban J connectivity index is 1.31. The van der Waals surface area contributed by atoms with E-state index in [4.69, 9.17) is 0 Å². The molecule has 1 saturated carbocycles. The summed E-state index contributed by atoms with van der Waals surface area (Å²) >= 11 is 0. The topological polar surface area (TPSA) is 73.2 Å². The summed E-state index contributed by atoms with van der Waals surface area (Å²) in [6.07, 6.45) is 10.00. The summed E-state index contributed by atoms with van der Waals surface area (Å²) in [6, 6.07) is 22.4. The molecule has 39 heavy (non-hydrogen) atoms. The summed E-state index contributed by atoms with van der Waals surface area (Å²) in [6.45, 7) is 4.40. The van der Waals surface area contributed by atoms with Crippen molar-refractivity contribution in [3.8, 4) is 0 Å². The first-order chi connectivity index (χ1) is 18.9. The van der Waals surface area contributed by atoms with Crippen LogP contribution in [-0.2, 0) is 16.0 Å². The van der Waals surface area contributed by atoms with Crippen LogP contribution in [-0.4, -0.2) is 28.7 Å². The van der Waals surface area contributed by atoms with Crippen molar-refractivity contribution in [1.82, 2.24) is 0 Å². The summed E-state index contributed by atoms with van der Waals surface area (Å²) in [5.41, 5.74) is 7.88. The molecule has 0 spiro atoms. The molecule has 6 rings (SSSR count). The van der Waals surface area contributed by atoms with Crippen molar-refractivity contribution in [3.63, 3.8) is 0 Å². The number of carbonyl (C=O) groups is 2. The quantitative estimate of drug-likeness (QED) is 0.387. The first-order valence-corrected chi connectivity index (χ1v) is 13.5. The Kier molecular flexibility index (Phi) is 6.39. The van der Waals surface area contributed by atoms with E-state index in [2.05, 4.69) is 60.2 Å². The number of carboxylic acid groups (broad SMARTS) is 1. The third-order valence-electron chi connectivity index (χ3n) is 8.11. The molecular formula is C33H31N3O3. The molecule has 3 aromatic rings. The van der Waals surface area contributed by atoms with E-state index in [1.54, 1.807) is 36.4 Å². The van der Waals surface area contributed by atoms with E-state index < -0.39 is 11.9 Å². The number of benzene rings is 3. The van der Waals surface area contributed by atoms with Crippen LogP contribution < -0.4 is 9.91 Å². The van der Waals surface area contributed by atoms with Gasteiger partial charge in [0.05, 0.1) is 11.3 Å². The average molecular weight is 518 g/mol. The Morgan fingerprint density at radius 3 is 2.51 bits per heavy atom. The van der Waals surface area contributed by atoms with E-state index in [0.717, 1.165) is 17.0 Å².